The summed E-state index contributed by atoms with van der Waals surface area (Å²) in [6.45, 7) is 1.94. The number of rotatable bonds is 5. The van der Waals surface area contributed by atoms with Gasteiger partial charge in [-0.25, -0.2) is 8.78 Å². The summed E-state index contributed by atoms with van der Waals surface area (Å²) in [6, 6.07) is 3.04. The van der Waals surface area contributed by atoms with Gasteiger partial charge < -0.3 is 5.73 Å². The third kappa shape index (κ3) is 3.10. The third-order valence-corrected chi connectivity index (χ3v) is 2.35. The van der Waals surface area contributed by atoms with E-state index in [0.717, 1.165) is 18.6 Å². The van der Waals surface area contributed by atoms with Gasteiger partial charge in [0.25, 0.3) is 0 Å². The molecule has 0 fully saturated rings. The number of hydrogen-bond acceptors (Lipinski definition) is 2. The Bertz CT molecular complexity index is 359. The van der Waals surface area contributed by atoms with E-state index >= 15 is 0 Å². The Balaban J connectivity index is 2.80. The zero-order valence-electron chi connectivity index (χ0n) is 9.17. The van der Waals surface area contributed by atoms with Gasteiger partial charge in [0.15, 0.2) is 5.78 Å². The van der Waals surface area contributed by atoms with E-state index < -0.39 is 23.0 Å². The molecule has 2 N–H and O–H groups in total. The van der Waals surface area contributed by atoms with Crippen LogP contribution in [-0.2, 0) is 0 Å². The molecule has 16 heavy (non-hydrogen) atoms. The molecule has 0 aliphatic heterocycles. The molecule has 0 saturated carbocycles. The molecule has 2 nitrogen and oxygen atoms in total. The lowest BCUT2D eigenvalue weighted by Gasteiger charge is -2.09. The van der Waals surface area contributed by atoms with Crippen LogP contribution in [0.3, 0.4) is 0 Å². The first-order valence-corrected chi connectivity index (χ1v) is 5.29. The van der Waals surface area contributed by atoms with E-state index in [4.69, 9.17) is 5.73 Å². The summed E-state index contributed by atoms with van der Waals surface area (Å²) in [4.78, 5) is 11.6. The van der Waals surface area contributed by atoms with Crippen molar-refractivity contribution in [1.29, 1.82) is 0 Å². The number of carbonyl (C=O) groups is 1. The molecule has 0 bridgehead atoms. The molecule has 0 saturated heterocycles. The van der Waals surface area contributed by atoms with E-state index in [2.05, 4.69) is 0 Å². The Morgan fingerprint density at radius 2 is 1.94 bits per heavy atom. The quantitative estimate of drug-likeness (QED) is 0.786. The Morgan fingerprint density at radius 1 is 1.38 bits per heavy atom. The zero-order chi connectivity index (χ0) is 12.1. The number of ketones is 1. The van der Waals surface area contributed by atoms with Crippen LogP contribution in [0.15, 0.2) is 18.2 Å². The van der Waals surface area contributed by atoms with Crippen LogP contribution in [0.2, 0.25) is 0 Å². The lowest BCUT2D eigenvalue weighted by Crippen LogP contribution is -2.24. The van der Waals surface area contributed by atoms with Crippen molar-refractivity contribution in [3.8, 4) is 0 Å². The molecule has 0 aliphatic rings. The van der Waals surface area contributed by atoms with Crippen LogP contribution in [0.25, 0.3) is 0 Å². The van der Waals surface area contributed by atoms with Crippen molar-refractivity contribution in [3.63, 3.8) is 0 Å². The van der Waals surface area contributed by atoms with Gasteiger partial charge in [0.2, 0.25) is 0 Å². The average molecular weight is 227 g/mol. The molecule has 4 heteroatoms. The molecule has 0 aromatic heterocycles. The fraction of sp³-hybridized carbons (Fsp3) is 0.417. The van der Waals surface area contributed by atoms with Crippen LogP contribution in [0, 0.1) is 11.6 Å². The fourth-order valence-electron chi connectivity index (χ4n) is 1.58. The summed E-state index contributed by atoms with van der Waals surface area (Å²) in [6.07, 6.45) is 1.49. The number of carbonyl (C=O) groups excluding carboxylic acids is 1. The molecule has 0 spiro atoms. The van der Waals surface area contributed by atoms with Gasteiger partial charge in [-0.3, -0.25) is 4.79 Å². The van der Waals surface area contributed by atoms with E-state index in [1.54, 1.807) is 0 Å². The van der Waals surface area contributed by atoms with Gasteiger partial charge in [0.1, 0.15) is 11.6 Å². The van der Waals surface area contributed by atoms with Gasteiger partial charge in [-0.15, -0.1) is 0 Å². The lowest BCUT2D eigenvalue weighted by molar-refractivity contribution is 0.0965. The molecule has 1 atom stereocenters. The molecule has 0 heterocycles. The number of benzene rings is 1. The standard InChI is InChI=1S/C12H15F2NO/c1-2-4-8(15)7-11(16)12-9(13)5-3-6-10(12)14/h3,5-6,8H,2,4,7,15H2,1H3. The van der Waals surface area contributed by atoms with Crippen LogP contribution < -0.4 is 5.73 Å². The second-order valence-electron chi connectivity index (χ2n) is 3.77. The highest BCUT2D eigenvalue weighted by Gasteiger charge is 2.18. The predicted octanol–water partition coefficient (Wildman–Crippen LogP) is 2.67. The fourth-order valence-corrected chi connectivity index (χ4v) is 1.58. The van der Waals surface area contributed by atoms with E-state index in [0.29, 0.717) is 6.42 Å². The highest BCUT2D eigenvalue weighted by molar-refractivity contribution is 5.96. The highest BCUT2D eigenvalue weighted by atomic mass is 19.1. The molecule has 0 radical (unpaired) electrons. The first-order valence-electron chi connectivity index (χ1n) is 5.29. The van der Waals surface area contributed by atoms with Crippen molar-refractivity contribution in [2.24, 2.45) is 5.73 Å². The minimum Gasteiger partial charge on any atom is -0.327 e. The molecule has 1 aromatic rings. The van der Waals surface area contributed by atoms with E-state index in [-0.39, 0.29) is 12.5 Å². The first kappa shape index (κ1) is 12.8. The number of hydrogen-bond donors (Lipinski definition) is 1. The molecule has 0 aliphatic carbocycles. The second kappa shape index (κ2) is 5.70. The molecule has 1 unspecified atom stereocenters. The van der Waals surface area contributed by atoms with Crippen LogP contribution in [0.1, 0.15) is 36.5 Å². The minimum absolute atomic E-state index is 0.0221. The number of nitrogens with two attached hydrogens (primary N) is 1. The second-order valence-corrected chi connectivity index (χ2v) is 3.77. The maximum absolute atomic E-state index is 13.2. The average Bonchev–Trinajstić information content (AvgIpc) is 2.17. The van der Waals surface area contributed by atoms with E-state index in [1.807, 2.05) is 6.92 Å². The van der Waals surface area contributed by atoms with Crippen LogP contribution >= 0.6 is 0 Å². The molecule has 1 aromatic carbocycles. The largest absolute Gasteiger partial charge is 0.327 e. The van der Waals surface area contributed by atoms with Crippen LogP contribution in [0.4, 0.5) is 8.78 Å². The maximum atomic E-state index is 13.2. The van der Waals surface area contributed by atoms with Gasteiger partial charge in [0.05, 0.1) is 5.56 Å². The summed E-state index contributed by atoms with van der Waals surface area (Å²) in [5.74, 6) is -2.22. The normalized spacial score (nSPS) is 12.5. The minimum atomic E-state index is -0.825. The van der Waals surface area contributed by atoms with Gasteiger partial charge in [0, 0.05) is 12.5 Å². The van der Waals surface area contributed by atoms with E-state index in [9.17, 15) is 13.6 Å². The Hall–Kier alpha value is -1.29. The van der Waals surface area contributed by atoms with Gasteiger partial charge in [-0.1, -0.05) is 19.4 Å². The molecule has 88 valence electrons. The van der Waals surface area contributed by atoms with Crippen LogP contribution in [0.5, 0.6) is 0 Å². The monoisotopic (exact) mass is 227 g/mol. The number of Topliss-reactive ketones (excluding diaryl/α,β-unsaturated/α-hetero) is 1. The smallest absolute Gasteiger partial charge is 0.170 e. The topological polar surface area (TPSA) is 43.1 Å². The van der Waals surface area contributed by atoms with Gasteiger partial charge in [-0.05, 0) is 18.6 Å². The van der Waals surface area contributed by atoms with Crippen molar-refractivity contribution < 1.29 is 13.6 Å². The SMILES string of the molecule is CCCC(N)CC(=O)c1c(F)cccc1F. The molecular weight excluding hydrogens is 212 g/mol. The summed E-state index contributed by atoms with van der Waals surface area (Å²) >= 11 is 0. The molecular formula is C12H15F2NO. The summed E-state index contributed by atoms with van der Waals surface area (Å²) in [5, 5.41) is 0. The van der Waals surface area contributed by atoms with Crippen molar-refractivity contribution in [1.82, 2.24) is 0 Å². The Labute approximate surface area is 93.5 Å². The maximum Gasteiger partial charge on any atom is 0.170 e. The van der Waals surface area contributed by atoms with Crippen LogP contribution in [-0.4, -0.2) is 11.8 Å². The highest BCUT2D eigenvalue weighted by Crippen LogP contribution is 2.15. The van der Waals surface area contributed by atoms with Gasteiger partial charge in [-0.2, -0.15) is 0 Å². The summed E-state index contributed by atoms with van der Waals surface area (Å²) < 4.78 is 26.5. The van der Waals surface area contributed by atoms with Crippen molar-refractivity contribution in [2.45, 2.75) is 32.2 Å². The predicted molar refractivity (Wildman–Crippen MR) is 58.2 cm³/mol. The molecule has 1 rings (SSSR count). The third-order valence-electron chi connectivity index (χ3n) is 2.35. The first-order chi connectivity index (χ1) is 7.56. The number of halogens is 2. The van der Waals surface area contributed by atoms with Gasteiger partial charge >= 0.3 is 0 Å². The zero-order valence-corrected chi connectivity index (χ0v) is 9.17. The molecule has 0 amide bonds. The van der Waals surface area contributed by atoms with E-state index in [1.165, 1.54) is 6.07 Å². The lowest BCUT2D eigenvalue weighted by atomic mass is 10.0. The van der Waals surface area contributed by atoms with Crippen molar-refractivity contribution in [2.75, 3.05) is 0 Å². The summed E-state index contributed by atoms with van der Waals surface area (Å²) in [7, 11) is 0. The van der Waals surface area contributed by atoms with Crippen molar-refractivity contribution in [3.05, 3.63) is 35.4 Å². The Kier molecular flexibility index (Phi) is 4.55. The summed E-state index contributed by atoms with van der Waals surface area (Å²) in [5.41, 5.74) is 5.18. The van der Waals surface area contributed by atoms with Crippen molar-refractivity contribution >= 4 is 5.78 Å². The Morgan fingerprint density at radius 3 is 2.44 bits per heavy atom.